The number of ether oxygens (including phenoxy) is 1. The normalized spacial score (nSPS) is 13.0. The molecule has 1 aliphatic rings. The third-order valence-electron chi connectivity index (χ3n) is 4.56. The van der Waals surface area contributed by atoms with Crippen LogP contribution in [0, 0.1) is 0 Å². The summed E-state index contributed by atoms with van der Waals surface area (Å²) in [6.07, 6.45) is 0. The number of hydrogen-bond acceptors (Lipinski definition) is 5. The fourth-order valence-electron chi connectivity index (χ4n) is 3.13. The van der Waals surface area contributed by atoms with Crippen LogP contribution in [0.1, 0.15) is 11.1 Å². The summed E-state index contributed by atoms with van der Waals surface area (Å²) in [7, 11) is 0. The van der Waals surface area contributed by atoms with Crippen molar-refractivity contribution < 1.29 is 9.15 Å². The van der Waals surface area contributed by atoms with Crippen LogP contribution in [0.25, 0.3) is 28.1 Å². The summed E-state index contributed by atoms with van der Waals surface area (Å²) >= 11 is 0. The van der Waals surface area contributed by atoms with E-state index in [-0.39, 0.29) is 5.89 Å². The second kappa shape index (κ2) is 6.32. The Kier molecular flexibility index (Phi) is 3.66. The zero-order valence-corrected chi connectivity index (χ0v) is 14.8. The first-order valence-corrected chi connectivity index (χ1v) is 8.74. The molecule has 1 aromatic heterocycles. The molecule has 0 bridgehead atoms. The number of aliphatic imine (C=N–C) groups is 1. The highest BCUT2D eigenvalue weighted by Crippen LogP contribution is 2.32. The van der Waals surface area contributed by atoms with E-state index in [2.05, 4.69) is 16.6 Å². The highest BCUT2D eigenvalue weighted by Gasteiger charge is 2.18. The lowest BCUT2D eigenvalue weighted by Crippen LogP contribution is -2.10. The molecule has 134 valence electrons. The highest BCUT2D eigenvalue weighted by atomic mass is 16.5. The first kappa shape index (κ1) is 16.2. The number of aromatic nitrogens is 1. The lowest BCUT2D eigenvalue weighted by atomic mass is 10.1. The second-order valence-corrected chi connectivity index (χ2v) is 6.36. The molecule has 0 aliphatic carbocycles. The molecule has 0 unspecified atom stereocenters. The van der Waals surface area contributed by atoms with Gasteiger partial charge in [0.25, 0.3) is 0 Å². The average Bonchev–Trinajstić information content (AvgIpc) is 2.74. The van der Waals surface area contributed by atoms with Crippen LogP contribution in [0.4, 0.5) is 5.69 Å². The Morgan fingerprint density at radius 2 is 1.54 bits per heavy atom. The van der Waals surface area contributed by atoms with Gasteiger partial charge in [0.05, 0.1) is 16.6 Å². The van der Waals surface area contributed by atoms with Crippen LogP contribution < -0.4 is 5.63 Å². The molecule has 3 aromatic carbocycles. The molecule has 0 atom stereocenters. The molecule has 0 fully saturated rings. The third-order valence-corrected chi connectivity index (χ3v) is 4.56. The SMILES string of the molecule is C=C1OC(c2ccc(-c3nc4ccccc4c(=O)o3)cc2)=Nc2ccccc21. The van der Waals surface area contributed by atoms with Crippen LogP contribution in [0.3, 0.4) is 0 Å². The molecule has 5 heteroatoms. The average molecular weight is 366 g/mol. The van der Waals surface area contributed by atoms with E-state index in [0.29, 0.717) is 28.1 Å². The molecular weight excluding hydrogens is 352 g/mol. The van der Waals surface area contributed by atoms with Gasteiger partial charge in [-0.15, -0.1) is 0 Å². The maximum absolute atomic E-state index is 12.2. The minimum atomic E-state index is -0.405. The van der Waals surface area contributed by atoms with Crippen LogP contribution in [0.15, 0.2) is 93.6 Å². The van der Waals surface area contributed by atoms with E-state index in [1.165, 1.54) is 0 Å². The van der Waals surface area contributed by atoms with E-state index in [0.717, 1.165) is 16.8 Å². The smallest absolute Gasteiger partial charge is 0.347 e. The van der Waals surface area contributed by atoms with Crippen LogP contribution in [0.2, 0.25) is 0 Å². The fourth-order valence-corrected chi connectivity index (χ4v) is 3.13. The Bertz CT molecular complexity index is 1320. The quantitative estimate of drug-likeness (QED) is 0.504. The number of rotatable bonds is 2. The van der Waals surface area contributed by atoms with Gasteiger partial charge in [-0.1, -0.05) is 30.8 Å². The summed E-state index contributed by atoms with van der Waals surface area (Å²) < 4.78 is 11.2. The van der Waals surface area contributed by atoms with Crippen molar-refractivity contribution in [3.05, 3.63) is 101 Å². The molecule has 5 nitrogen and oxygen atoms in total. The van der Waals surface area contributed by atoms with Crippen LogP contribution in [-0.4, -0.2) is 10.9 Å². The fraction of sp³-hybridized carbons (Fsp3) is 0. The van der Waals surface area contributed by atoms with Crippen LogP contribution in [0.5, 0.6) is 0 Å². The minimum absolute atomic E-state index is 0.275. The van der Waals surface area contributed by atoms with Crippen LogP contribution >= 0.6 is 0 Å². The van der Waals surface area contributed by atoms with Gasteiger partial charge in [0.15, 0.2) is 0 Å². The van der Waals surface area contributed by atoms with Gasteiger partial charge in [0.1, 0.15) is 5.76 Å². The molecule has 5 rings (SSSR count). The topological polar surface area (TPSA) is 64.7 Å². The molecule has 0 spiro atoms. The Morgan fingerprint density at radius 3 is 2.39 bits per heavy atom. The molecule has 0 saturated heterocycles. The zero-order valence-electron chi connectivity index (χ0n) is 14.8. The lowest BCUT2D eigenvalue weighted by molar-refractivity contribution is 0.505. The van der Waals surface area contributed by atoms with Gasteiger partial charge >= 0.3 is 5.63 Å². The van der Waals surface area contributed by atoms with E-state index in [4.69, 9.17) is 9.15 Å². The Hall–Kier alpha value is -3.99. The van der Waals surface area contributed by atoms with Gasteiger partial charge in [-0.05, 0) is 48.5 Å². The van der Waals surface area contributed by atoms with E-state index in [1.54, 1.807) is 18.2 Å². The van der Waals surface area contributed by atoms with Gasteiger partial charge in [-0.25, -0.2) is 14.8 Å². The minimum Gasteiger partial charge on any atom is -0.438 e. The van der Waals surface area contributed by atoms with E-state index in [1.807, 2.05) is 54.6 Å². The summed E-state index contributed by atoms with van der Waals surface area (Å²) in [5.41, 5.74) is 3.39. The predicted octanol–water partition coefficient (Wildman–Crippen LogP) is 4.93. The maximum atomic E-state index is 12.2. The van der Waals surface area contributed by atoms with Gasteiger partial charge in [-0.3, -0.25) is 0 Å². The van der Waals surface area contributed by atoms with Crippen molar-refractivity contribution in [2.24, 2.45) is 4.99 Å². The molecule has 28 heavy (non-hydrogen) atoms. The molecule has 0 saturated carbocycles. The molecule has 1 aliphatic heterocycles. The molecule has 2 heterocycles. The van der Waals surface area contributed by atoms with Crippen molar-refractivity contribution in [2.45, 2.75) is 0 Å². The summed E-state index contributed by atoms with van der Waals surface area (Å²) in [5.74, 6) is 1.31. The number of hydrogen-bond donors (Lipinski definition) is 0. The van der Waals surface area contributed by atoms with Gasteiger partial charge < -0.3 is 9.15 Å². The monoisotopic (exact) mass is 366 g/mol. The number of nitrogens with zero attached hydrogens (tertiary/aromatic N) is 2. The van der Waals surface area contributed by atoms with Gasteiger partial charge in [-0.2, -0.15) is 0 Å². The van der Waals surface area contributed by atoms with Gasteiger partial charge in [0.2, 0.25) is 11.8 Å². The summed E-state index contributed by atoms with van der Waals surface area (Å²) in [4.78, 5) is 21.2. The lowest BCUT2D eigenvalue weighted by Gasteiger charge is -2.18. The van der Waals surface area contributed by atoms with Crippen molar-refractivity contribution in [1.82, 2.24) is 4.98 Å². The number of benzene rings is 3. The van der Waals surface area contributed by atoms with E-state index in [9.17, 15) is 4.79 Å². The third kappa shape index (κ3) is 2.70. The first-order valence-electron chi connectivity index (χ1n) is 8.74. The first-order chi connectivity index (χ1) is 13.7. The summed E-state index contributed by atoms with van der Waals surface area (Å²) in [5, 5.41) is 0.463. The molecule has 4 aromatic rings. The summed E-state index contributed by atoms with van der Waals surface area (Å²) in [6, 6.07) is 22.2. The number of fused-ring (bicyclic) bond motifs is 2. The molecule has 0 amide bonds. The van der Waals surface area contributed by atoms with Gasteiger partial charge in [0, 0.05) is 16.7 Å². The Morgan fingerprint density at radius 1 is 0.821 bits per heavy atom. The predicted molar refractivity (Wildman–Crippen MR) is 108 cm³/mol. The molecule has 0 N–H and O–H groups in total. The molecular formula is C23H14N2O3. The molecule has 0 radical (unpaired) electrons. The van der Waals surface area contributed by atoms with Crippen molar-refractivity contribution >= 4 is 28.2 Å². The summed E-state index contributed by atoms with van der Waals surface area (Å²) in [6.45, 7) is 3.97. The van der Waals surface area contributed by atoms with Crippen molar-refractivity contribution in [3.8, 4) is 11.5 Å². The van der Waals surface area contributed by atoms with Crippen molar-refractivity contribution in [1.29, 1.82) is 0 Å². The van der Waals surface area contributed by atoms with Crippen molar-refractivity contribution in [3.63, 3.8) is 0 Å². The van der Waals surface area contributed by atoms with E-state index < -0.39 is 5.63 Å². The Balaban J connectivity index is 1.53. The zero-order chi connectivity index (χ0) is 19.1. The maximum Gasteiger partial charge on any atom is 0.347 e. The second-order valence-electron chi connectivity index (χ2n) is 6.36. The van der Waals surface area contributed by atoms with Crippen molar-refractivity contribution in [2.75, 3.05) is 0 Å². The van der Waals surface area contributed by atoms with Crippen LogP contribution in [-0.2, 0) is 4.74 Å². The van der Waals surface area contributed by atoms with E-state index >= 15 is 0 Å². The largest absolute Gasteiger partial charge is 0.438 e. The highest BCUT2D eigenvalue weighted by molar-refractivity contribution is 6.02. The Labute approximate surface area is 160 Å². The standard InChI is InChI=1S/C23H14N2O3/c1-14-17-6-2-4-8-19(17)24-21(27-14)15-10-12-16(13-11-15)22-25-20-9-5-3-7-18(20)23(26)28-22/h2-13H,1H2. The number of para-hydroxylation sites is 2.